The molecular formula is C22H27FN2O3. The van der Waals surface area contributed by atoms with Crippen molar-refractivity contribution in [1.82, 2.24) is 4.98 Å². The third kappa shape index (κ3) is 4.80. The summed E-state index contributed by atoms with van der Waals surface area (Å²) in [4.78, 5) is 17.2. The third-order valence-corrected chi connectivity index (χ3v) is 4.95. The Morgan fingerprint density at radius 3 is 2.75 bits per heavy atom. The van der Waals surface area contributed by atoms with Crippen LogP contribution < -0.4 is 14.4 Å². The van der Waals surface area contributed by atoms with Crippen LogP contribution in [-0.4, -0.2) is 36.6 Å². The minimum absolute atomic E-state index is 0.0106. The molecule has 3 rings (SSSR count). The fourth-order valence-corrected chi connectivity index (χ4v) is 3.56. The first-order chi connectivity index (χ1) is 13.5. The van der Waals surface area contributed by atoms with E-state index in [1.165, 1.54) is 0 Å². The lowest BCUT2D eigenvalue weighted by Crippen LogP contribution is -2.25. The Morgan fingerprint density at radius 2 is 2.07 bits per heavy atom. The second-order valence-corrected chi connectivity index (χ2v) is 7.23. The molecule has 0 amide bonds. The molecule has 5 nitrogen and oxygen atoms in total. The monoisotopic (exact) mass is 386 g/mol. The van der Waals surface area contributed by atoms with Gasteiger partial charge in [-0.3, -0.25) is 0 Å². The Balaban J connectivity index is 1.61. The van der Waals surface area contributed by atoms with Gasteiger partial charge in [0.15, 0.2) is 0 Å². The summed E-state index contributed by atoms with van der Waals surface area (Å²) in [5.74, 6) is 0.793. The van der Waals surface area contributed by atoms with Gasteiger partial charge in [-0.05, 0) is 43.5 Å². The van der Waals surface area contributed by atoms with Crippen LogP contribution in [0, 0.1) is 5.82 Å². The molecule has 28 heavy (non-hydrogen) atoms. The molecule has 1 fully saturated rings. The third-order valence-electron chi connectivity index (χ3n) is 4.95. The first-order valence-electron chi connectivity index (χ1n) is 9.76. The lowest BCUT2D eigenvalue weighted by molar-refractivity contribution is -0.117. The molecule has 0 aliphatic carbocycles. The normalized spacial score (nSPS) is 17.4. The quantitative estimate of drug-likeness (QED) is 0.675. The van der Waals surface area contributed by atoms with Gasteiger partial charge in [0.25, 0.3) is 5.88 Å². The van der Waals surface area contributed by atoms with Crippen molar-refractivity contribution >= 4 is 11.5 Å². The van der Waals surface area contributed by atoms with E-state index in [1.807, 2.05) is 36.1 Å². The molecule has 0 radical (unpaired) electrons. The average molecular weight is 386 g/mol. The lowest BCUT2D eigenvalue weighted by atomic mass is 9.96. The van der Waals surface area contributed by atoms with Gasteiger partial charge in [0.1, 0.15) is 17.6 Å². The Morgan fingerprint density at radius 1 is 1.32 bits per heavy atom. The molecule has 2 atom stereocenters. The van der Waals surface area contributed by atoms with E-state index in [9.17, 15) is 9.18 Å². The Hall–Kier alpha value is -2.63. The molecule has 1 saturated heterocycles. The van der Waals surface area contributed by atoms with Crippen molar-refractivity contribution in [2.24, 2.45) is 0 Å². The zero-order valence-electron chi connectivity index (χ0n) is 16.7. The number of ketones is 1. The van der Waals surface area contributed by atoms with E-state index >= 15 is 0 Å². The summed E-state index contributed by atoms with van der Waals surface area (Å²) in [7, 11) is 0. The van der Waals surface area contributed by atoms with E-state index in [0.717, 1.165) is 17.7 Å². The summed E-state index contributed by atoms with van der Waals surface area (Å²) in [6, 6.07) is 9.56. The van der Waals surface area contributed by atoms with Crippen molar-refractivity contribution in [2.75, 3.05) is 24.6 Å². The topological polar surface area (TPSA) is 51.7 Å². The van der Waals surface area contributed by atoms with Crippen LogP contribution in [0.1, 0.15) is 45.1 Å². The number of hydrogen-bond donors (Lipinski definition) is 0. The highest BCUT2D eigenvalue weighted by Crippen LogP contribution is 2.30. The van der Waals surface area contributed by atoms with Gasteiger partial charge in [0.05, 0.1) is 18.8 Å². The fraction of sp³-hybridized carbons (Fsp3) is 0.455. The Kier molecular flexibility index (Phi) is 6.49. The molecule has 6 heteroatoms. The number of nitrogens with zero attached hydrogens (tertiary/aromatic N) is 2. The minimum Gasteiger partial charge on any atom is -0.489 e. The number of ether oxygens (including phenoxy) is 2. The van der Waals surface area contributed by atoms with Crippen molar-refractivity contribution in [3.05, 3.63) is 47.9 Å². The van der Waals surface area contributed by atoms with E-state index < -0.39 is 5.82 Å². The highest BCUT2D eigenvalue weighted by atomic mass is 19.1. The number of aromatic nitrogens is 1. The largest absolute Gasteiger partial charge is 0.489 e. The number of rotatable bonds is 8. The number of anilines is 1. The first-order valence-corrected chi connectivity index (χ1v) is 9.76. The zero-order valence-corrected chi connectivity index (χ0v) is 16.7. The maximum Gasteiger partial charge on any atom is 0.252 e. The number of carbonyl (C=O) groups excluding carboxylic acids is 1. The van der Waals surface area contributed by atoms with Crippen molar-refractivity contribution in [3.63, 3.8) is 0 Å². The predicted octanol–water partition coefficient (Wildman–Crippen LogP) is 4.36. The lowest BCUT2D eigenvalue weighted by Gasteiger charge is -2.20. The Labute approximate surface area is 165 Å². The first kappa shape index (κ1) is 20.1. The summed E-state index contributed by atoms with van der Waals surface area (Å²) in [6.45, 7) is 7.16. The molecule has 0 spiro atoms. The van der Waals surface area contributed by atoms with Gasteiger partial charge in [-0.25, -0.2) is 4.98 Å². The van der Waals surface area contributed by atoms with Crippen molar-refractivity contribution < 1.29 is 18.7 Å². The van der Waals surface area contributed by atoms with Gasteiger partial charge in [-0.2, -0.15) is 4.39 Å². The second-order valence-electron chi connectivity index (χ2n) is 7.23. The molecule has 1 aliphatic rings. The van der Waals surface area contributed by atoms with Crippen LogP contribution in [0.25, 0.3) is 0 Å². The van der Waals surface area contributed by atoms with Gasteiger partial charge < -0.3 is 19.2 Å². The molecule has 1 aliphatic heterocycles. The number of hydrogen-bond acceptors (Lipinski definition) is 5. The van der Waals surface area contributed by atoms with Gasteiger partial charge in [0, 0.05) is 25.6 Å². The summed E-state index contributed by atoms with van der Waals surface area (Å²) in [6.07, 6.45) is 2.91. The molecular weight excluding hydrogens is 359 g/mol. The second kappa shape index (κ2) is 9.04. The maximum absolute atomic E-state index is 14.6. The van der Waals surface area contributed by atoms with Crippen molar-refractivity contribution in [1.29, 1.82) is 0 Å². The van der Waals surface area contributed by atoms with Crippen molar-refractivity contribution in [3.8, 4) is 11.6 Å². The van der Waals surface area contributed by atoms with Crippen LogP contribution in [0.2, 0.25) is 0 Å². The molecule has 0 unspecified atom stereocenters. The summed E-state index contributed by atoms with van der Waals surface area (Å²) in [5.41, 5.74) is 1.62. The molecule has 0 N–H and O–H groups in total. The zero-order chi connectivity index (χ0) is 20.1. The number of pyridine rings is 1. The SMILES string of the molecule is CCOc1nccc(N2CC[C@@H](Oc3ccc([C@H](C)CC(C)=O)cc3)C2)c1F. The Bertz CT molecular complexity index is 810. The average Bonchev–Trinajstić information content (AvgIpc) is 3.12. The van der Waals surface area contributed by atoms with Gasteiger partial charge >= 0.3 is 0 Å². The van der Waals surface area contributed by atoms with Crippen LogP contribution in [0.5, 0.6) is 11.6 Å². The molecule has 150 valence electrons. The number of benzene rings is 1. The summed E-state index contributed by atoms with van der Waals surface area (Å²) >= 11 is 0. The standard InChI is InChI=1S/C22H27FN2O3/c1-4-27-22-21(23)20(9-11-24-22)25-12-10-19(14-25)28-18-7-5-17(6-8-18)15(2)13-16(3)26/h5-9,11,15,19H,4,10,12-14H2,1-3H3/t15-,19-/m1/s1. The fourth-order valence-electron chi connectivity index (χ4n) is 3.56. The van der Waals surface area contributed by atoms with Gasteiger partial charge in [0.2, 0.25) is 5.82 Å². The van der Waals surface area contributed by atoms with Crippen LogP contribution in [0.3, 0.4) is 0 Å². The van der Waals surface area contributed by atoms with E-state index in [1.54, 1.807) is 26.1 Å². The van der Waals surface area contributed by atoms with E-state index in [0.29, 0.717) is 31.8 Å². The van der Waals surface area contributed by atoms with E-state index in [-0.39, 0.29) is 23.7 Å². The van der Waals surface area contributed by atoms with Crippen LogP contribution in [0.4, 0.5) is 10.1 Å². The molecule has 2 heterocycles. The number of halogens is 1. The van der Waals surface area contributed by atoms with Crippen LogP contribution >= 0.6 is 0 Å². The molecule has 0 bridgehead atoms. The van der Waals surface area contributed by atoms with Gasteiger partial charge in [-0.15, -0.1) is 0 Å². The highest BCUT2D eigenvalue weighted by molar-refractivity contribution is 5.76. The summed E-state index contributed by atoms with van der Waals surface area (Å²) < 4.78 is 25.9. The van der Waals surface area contributed by atoms with Gasteiger partial charge in [-0.1, -0.05) is 19.1 Å². The van der Waals surface area contributed by atoms with Crippen molar-refractivity contribution in [2.45, 2.75) is 45.6 Å². The molecule has 1 aromatic heterocycles. The molecule has 0 saturated carbocycles. The molecule has 2 aromatic rings. The number of carbonyl (C=O) groups is 1. The van der Waals surface area contributed by atoms with E-state index in [2.05, 4.69) is 4.98 Å². The minimum atomic E-state index is -0.422. The number of Topliss-reactive ketones (excluding diaryl/α,β-unsaturated/α-hetero) is 1. The highest BCUT2D eigenvalue weighted by Gasteiger charge is 2.27. The maximum atomic E-state index is 14.6. The summed E-state index contributed by atoms with van der Waals surface area (Å²) in [5, 5.41) is 0. The van der Waals surface area contributed by atoms with E-state index in [4.69, 9.17) is 9.47 Å². The predicted molar refractivity (Wildman–Crippen MR) is 107 cm³/mol. The van der Waals surface area contributed by atoms with Crippen LogP contribution in [-0.2, 0) is 4.79 Å². The van der Waals surface area contributed by atoms with Crippen LogP contribution in [0.15, 0.2) is 36.5 Å². The smallest absolute Gasteiger partial charge is 0.252 e. The molecule has 1 aromatic carbocycles.